The van der Waals surface area contributed by atoms with E-state index in [0.717, 1.165) is 12.1 Å². The zero-order chi connectivity index (χ0) is 26.3. The molecule has 0 N–H and O–H groups in total. The summed E-state index contributed by atoms with van der Waals surface area (Å²) in [6.45, 7) is 0. The molecule has 37 heavy (non-hydrogen) atoms. The number of benzene rings is 3. The van der Waals surface area contributed by atoms with Crippen molar-refractivity contribution in [2.24, 2.45) is 11.8 Å². The fourth-order valence-corrected chi connectivity index (χ4v) is 5.82. The van der Waals surface area contributed by atoms with Gasteiger partial charge in [0.15, 0.2) is 0 Å². The number of hydrogen-bond acceptors (Lipinski definition) is 5. The van der Waals surface area contributed by atoms with Crippen molar-refractivity contribution in [1.29, 1.82) is 0 Å². The van der Waals surface area contributed by atoms with Crippen molar-refractivity contribution in [2.45, 2.75) is 17.9 Å². The van der Waals surface area contributed by atoms with Crippen LogP contribution < -0.4 is 4.90 Å². The lowest BCUT2D eigenvalue weighted by Gasteiger charge is -2.27. The molecule has 3 aromatic rings. The van der Waals surface area contributed by atoms with Gasteiger partial charge in [-0.05, 0) is 24.3 Å². The third kappa shape index (κ3) is 3.10. The van der Waals surface area contributed by atoms with E-state index in [4.69, 9.17) is 16.3 Å². The highest BCUT2D eigenvalue weighted by molar-refractivity contribution is 6.37. The molecule has 1 aliphatic carbocycles. The topological polar surface area (TPSA) is 80.8 Å². The lowest BCUT2D eigenvalue weighted by molar-refractivity contribution is -0.137. The minimum absolute atomic E-state index is 0.0452. The van der Waals surface area contributed by atoms with Gasteiger partial charge in [0.2, 0.25) is 29.0 Å². The number of ether oxygens (including phenoxy) is 1. The molecule has 2 fully saturated rings. The quantitative estimate of drug-likeness (QED) is 0.345. The van der Waals surface area contributed by atoms with E-state index in [1.54, 1.807) is 30.3 Å². The summed E-state index contributed by atoms with van der Waals surface area (Å²) >= 11 is 6.38. The number of anilines is 1. The van der Waals surface area contributed by atoms with Crippen molar-refractivity contribution in [3.05, 3.63) is 100 Å². The van der Waals surface area contributed by atoms with E-state index in [1.165, 1.54) is 24.3 Å². The maximum Gasteiger partial charge on any atom is 0.416 e. The van der Waals surface area contributed by atoms with Crippen LogP contribution >= 0.6 is 11.6 Å². The fraction of sp³-hybridized carbons (Fsp3) is 0.185. The number of rotatable bonds is 2. The van der Waals surface area contributed by atoms with E-state index in [0.29, 0.717) is 11.0 Å². The van der Waals surface area contributed by atoms with Crippen molar-refractivity contribution >= 4 is 40.7 Å². The van der Waals surface area contributed by atoms with Crippen molar-refractivity contribution in [3.8, 4) is 0 Å². The molecular weight excluding hydrogens is 511 g/mol. The maximum absolute atomic E-state index is 13.8. The molecule has 0 radical (unpaired) electrons. The lowest BCUT2D eigenvalue weighted by atomic mass is 9.77. The third-order valence-electron chi connectivity index (χ3n) is 7.16. The Kier molecular flexibility index (Phi) is 4.99. The summed E-state index contributed by atoms with van der Waals surface area (Å²) in [5, 5.41) is 0.177. The first kappa shape index (κ1) is 23.6. The number of ketones is 2. The first-order chi connectivity index (χ1) is 17.6. The van der Waals surface area contributed by atoms with Crippen LogP contribution in [0.15, 0.2) is 72.8 Å². The van der Waals surface area contributed by atoms with Gasteiger partial charge in [-0.25, -0.2) is 4.90 Å². The van der Waals surface area contributed by atoms with Gasteiger partial charge in [-0.2, -0.15) is 13.2 Å². The number of fused-ring (bicyclic) bond motifs is 3. The minimum atomic E-state index is -4.72. The Morgan fingerprint density at radius 3 is 2.05 bits per heavy atom. The standard InChI is InChI=1S/C27H15ClF3NO5/c28-18-11-4-3-10-17(18)21-19-20(26(37-21)22(33)15-8-1-2-9-16(15)23(26)34)25(36)32(24(19)35)14-7-5-6-13(12-14)27(29,30)31/h1-12,19-21H/t19-,20+,21+/m0/s1. The number of nitrogens with zero attached hydrogens (tertiary/aromatic N) is 1. The number of hydrogen-bond donors (Lipinski definition) is 0. The van der Waals surface area contributed by atoms with E-state index in [2.05, 4.69) is 0 Å². The van der Waals surface area contributed by atoms with Gasteiger partial charge in [-0.1, -0.05) is 60.1 Å². The second kappa shape index (κ2) is 7.84. The molecule has 1 spiro atoms. The van der Waals surface area contributed by atoms with Gasteiger partial charge in [-0.15, -0.1) is 0 Å². The summed E-state index contributed by atoms with van der Waals surface area (Å²) in [6, 6.07) is 16.0. The molecule has 2 aliphatic heterocycles. The smallest absolute Gasteiger partial charge is 0.349 e. The molecule has 0 bridgehead atoms. The van der Waals surface area contributed by atoms with Crippen LogP contribution in [-0.2, 0) is 20.5 Å². The Morgan fingerprint density at radius 1 is 0.811 bits per heavy atom. The van der Waals surface area contributed by atoms with Crippen LogP contribution in [0.3, 0.4) is 0 Å². The zero-order valence-electron chi connectivity index (χ0n) is 18.7. The van der Waals surface area contributed by atoms with E-state index in [-0.39, 0.29) is 27.4 Å². The Morgan fingerprint density at radius 2 is 1.43 bits per heavy atom. The molecule has 6 nitrogen and oxygen atoms in total. The monoisotopic (exact) mass is 525 g/mol. The maximum atomic E-state index is 13.8. The van der Waals surface area contributed by atoms with Crippen molar-refractivity contribution < 1.29 is 37.1 Å². The molecule has 6 rings (SSSR count). The molecule has 2 heterocycles. The number of Topliss-reactive ketones (excluding diaryl/α,β-unsaturated/α-hetero) is 2. The molecule has 2 amide bonds. The predicted molar refractivity (Wildman–Crippen MR) is 124 cm³/mol. The van der Waals surface area contributed by atoms with Gasteiger partial charge in [-0.3, -0.25) is 19.2 Å². The number of carbonyl (C=O) groups excluding carboxylic acids is 4. The molecule has 0 unspecified atom stereocenters. The third-order valence-corrected chi connectivity index (χ3v) is 7.51. The fourth-order valence-electron chi connectivity index (χ4n) is 5.58. The Bertz CT molecular complexity index is 1500. The first-order valence-corrected chi connectivity index (χ1v) is 11.6. The molecule has 3 aliphatic rings. The highest BCUT2D eigenvalue weighted by Gasteiger charge is 2.75. The Balaban J connectivity index is 1.54. The molecule has 3 aromatic carbocycles. The van der Waals surface area contributed by atoms with E-state index >= 15 is 0 Å². The summed E-state index contributed by atoms with van der Waals surface area (Å²) in [4.78, 5) is 55.6. The molecule has 0 aromatic heterocycles. The van der Waals surface area contributed by atoms with E-state index in [1.807, 2.05) is 0 Å². The van der Waals surface area contributed by atoms with Gasteiger partial charge < -0.3 is 4.74 Å². The summed E-state index contributed by atoms with van der Waals surface area (Å²) in [5.74, 6) is -6.38. The van der Waals surface area contributed by atoms with Gasteiger partial charge in [0.1, 0.15) is 0 Å². The van der Waals surface area contributed by atoms with Crippen LogP contribution in [0, 0.1) is 11.8 Å². The van der Waals surface area contributed by atoms with Crippen LogP contribution in [-0.4, -0.2) is 29.0 Å². The summed E-state index contributed by atoms with van der Waals surface area (Å²) < 4.78 is 46.3. The molecule has 3 atom stereocenters. The Labute approximate surface area is 212 Å². The highest BCUT2D eigenvalue weighted by Crippen LogP contribution is 2.58. The second-order valence-electron chi connectivity index (χ2n) is 9.06. The average Bonchev–Trinajstić information content (AvgIpc) is 3.44. The van der Waals surface area contributed by atoms with Crippen LogP contribution in [0.5, 0.6) is 0 Å². The van der Waals surface area contributed by atoms with E-state index < -0.39 is 58.7 Å². The Hall–Kier alpha value is -3.82. The van der Waals surface area contributed by atoms with Crippen molar-refractivity contribution in [3.63, 3.8) is 0 Å². The first-order valence-electron chi connectivity index (χ1n) is 11.2. The number of halogens is 4. The second-order valence-corrected chi connectivity index (χ2v) is 9.47. The van der Waals surface area contributed by atoms with Gasteiger partial charge in [0, 0.05) is 21.7 Å². The van der Waals surface area contributed by atoms with Crippen molar-refractivity contribution in [1.82, 2.24) is 0 Å². The molecule has 0 saturated carbocycles. The molecular formula is C27H15ClF3NO5. The molecule has 2 saturated heterocycles. The number of imide groups is 1. The summed E-state index contributed by atoms with van der Waals surface area (Å²) in [6.07, 6.45) is -5.99. The molecule has 10 heteroatoms. The predicted octanol–water partition coefficient (Wildman–Crippen LogP) is 5.05. The number of amides is 2. The average molecular weight is 526 g/mol. The van der Waals surface area contributed by atoms with Crippen LogP contribution in [0.1, 0.15) is 37.9 Å². The number of alkyl halides is 3. The minimum Gasteiger partial charge on any atom is -0.349 e. The van der Waals surface area contributed by atoms with Crippen LogP contribution in [0.25, 0.3) is 0 Å². The SMILES string of the molecule is O=C1[C@@H]2[C@@H](c3ccccc3Cl)OC3(C(=O)c4ccccc4C3=O)[C@H]2C(=O)N1c1cccc(C(F)(F)F)c1. The largest absolute Gasteiger partial charge is 0.416 e. The van der Waals surface area contributed by atoms with Crippen LogP contribution in [0.4, 0.5) is 18.9 Å². The number of carbonyl (C=O) groups is 4. The summed E-state index contributed by atoms with van der Waals surface area (Å²) in [7, 11) is 0. The van der Waals surface area contributed by atoms with Crippen LogP contribution in [0.2, 0.25) is 5.02 Å². The van der Waals surface area contributed by atoms with Gasteiger partial charge in [0.25, 0.3) is 0 Å². The van der Waals surface area contributed by atoms with Gasteiger partial charge in [0.05, 0.1) is 29.2 Å². The molecule has 186 valence electrons. The van der Waals surface area contributed by atoms with Gasteiger partial charge >= 0.3 is 6.18 Å². The van der Waals surface area contributed by atoms with E-state index in [9.17, 15) is 32.3 Å². The highest BCUT2D eigenvalue weighted by atomic mass is 35.5. The van der Waals surface area contributed by atoms with Crippen molar-refractivity contribution in [2.75, 3.05) is 4.90 Å². The lowest BCUT2D eigenvalue weighted by Crippen LogP contribution is -2.51. The zero-order valence-corrected chi connectivity index (χ0v) is 19.4. The normalized spacial score (nSPS) is 24.2. The summed E-state index contributed by atoms with van der Waals surface area (Å²) in [5.41, 5.74) is -3.35.